The molecule has 0 saturated heterocycles. The standard InChI is InChI=1S/C14H12F3NO4.C8H3F4N/c1-3-22-13(21)10-11(19)9-7(14(15,16)17)5-4-6-8(9)18(2)12(10)20;9-7-3-1-2-6(5(7)4-13)8(10,11)12/h4-6,19H,3H2,1-2H3;1-3H. The van der Waals surface area contributed by atoms with Crippen LogP contribution in [0, 0.1) is 17.1 Å². The molecule has 0 aliphatic heterocycles. The van der Waals surface area contributed by atoms with Gasteiger partial charge in [0, 0.05) is 7.05 Å². The molecular formula is C22H15F7N2O4. The third-order valence-electron chi connectivity index (χ3n) is 4.61. The van der Waals surface area contributed by atoms with Gasteiger partial charge in [-0.25, -0.2) is 9.18 Å². The number of nitrogens with zero attached hydrogens (tertiary/aromatic N) is 2. The highest BCUT2D eigenvalue weighted by Gasteiger charge is 2.36. The lowest BCUT2D eigenvalue weighted by Gasteiger charge is -2.15. The summed E-state index contributed by atoms with van der Waals surface area (Å²) in [6, 6.07) is 6.71. The SMILES string of the molecule is CCOC(=O)c1c(O)c2c(C(F)(F)F)cccc2n(C)c1=O.N#Cc1c(F)cccc1C(F)(F)F. The van der Waals surface area contributed by atoms with Crippen molar-refractivity contribution in [2.45, 2.75) is 19.3 Å². The number of carbonyl (C=O) groups excluding carboxylic acids is 1. The van der Waals surface area contributed by atoms with Crippen LogP contribution in [0.3, 0.4) is 0 Å². The molecule has 35 heavy (non-hydrogen) atoms. The average molecular weight is 504 g/mol. The van der Waals surface area contributed by atoms with Crippen molar-refractivity contribution in [2.24, 2.45) is 7.05 Å². The minimum atomic E-state index is -4.75. The lowest BCUT2D eigenvalue weighted by atomic mass is 10.0. The van der Waals surface area contributed by atoms with Crippen molar-refractivity contribution in [1.82, 2.24) is 4.57 Å². The van der Waals surface area contributed by atoms with Gasteiger partial charge in [-0.2, -0.15) is 31.6 Å². The Hall–Kier alpha value is -4.08. The van der Waals surface area contributed by atoms with Gasteiger partial charge in [0.05, 0.1) is 34.2 Å². The third kappa shape index (κ3) is 5.53. The largest absolute Gasteiger partial charge is 0.506 e. The maximum atomic E-state index is 13.1. The first kappa shape index (κ1) is 27.2. The first-order valence-corrected chi connectivity index (χ1v) is 9.51. The summed E-state index contributed by atoms with van der Waals surface area (Å²) in [4.78, 5) is 23.9. The molecule has 1 heterocycles. The molecule has 0 bridgehead atoms. The van der Waals surface area contributed by atoms with Crippen LogP contribution in [0.15, 0.2) is 41.2 Å². The summed E-state index contributed by atoms with van der Waals surface area (Å²) in [7, 11) is 1.22. The average Bonchev–Trinajstić information content (AvgIpc) is 2.76. The Balaban J connectivity index is 0.000000283. The predicted molar refractivity (Wildman–Crippen MR) is 108 cm³/mol. The second-order valence-electron chi connectivity index (χ2n) is 6.78. The van der Waals surface area contributed by atoms with Crippen LogP contribution in [0.5, 0.6) is 5.75 Å². The summed E-state index contributed by atoms with van der Waals surface area (Å²) in [6.07, 6.45) is -9.44. The zero-order chi connectivity index (χ0) is 26.7. The number of ether oxygens (including phenoxy) is 1. The normalized spacial score (nSPS) is 11.4. The fraction of sp³-hybridized carbons (Fsp3) is 0.227. The number of hydrogen-bond acceptors (Lipinski definition) is 5. The molecule has 0 saturated carbocycles. The molecule has 0 aliphatic carbocycles. The second-order valence-corrected chi connectivity index (χ2v) is 6.78. The van der Waals surface area contributed by atoms with Gasteiger partial charge in [-0.1, -0.05) is 12.1 Å². The van der Waals surface area contributed by atoms with Gasteiger partial charge in [-0.15, -0.1) is 0 Å². The number of aryl methyl sites for hydroxylation is 1. The van der Waals surface area contributed by atoms with E-state index >= 15 is 0 Å². The number of esters is 1. The number of aromatic nitrogens is 1. The molecule has 3 rings (SSSR count). The summed E-state index contributed by atoms with van der Waals surface area (Å²) in [5, 5.41) is 17.7. The molecule has 2 aromatic carbocycles. The van der Waals surface area contributed by atoms with E-state index in [4.69, 9.17) is 5.26 Å². The summed E-state index contributed by atoms with van der Waals surface area (Å²) in [6.45, 7) is 1.39. The Morgan fingerprint density at radius 1 is 1.06 bits per heavy atom. The molecule has 0 unspecified atom stereocenters. The Morgan fingerprint density at radius 2 is 1.60 bits per heavy atom. The van der Waals surface area contributed by atoms with E-state index in [0.29, 0.717) is 6.07 Å². The number of halogens is 7. The Labute approximate surface area is 192 Å². The van der Waals surface area contributed by atoms with Gasteiger partial charge in [0.1, 0.15) is 17.6 Å². The molecule has 0 spiro atoms. The summed E-state index contributed by atoms with van der Waals surface area (Å²) in [5.74, 6) is -3.35. The third-order valence-corrected chi connectivity index (χ3v) is 4.61. The van der Waals surface area contributed by atoms with Crippen LogP contribution in [-0.2, 0) is 24.1 Å². The Morgan fingerprint density at radius 3 is 2.09 bits per heavy atom. The highest BCUT2D eigenvalue weighted by Crippen LogP contribution is 2.39. The van der Waals surface area contributed by atoms with Crippen LogP contribution in [0.4, 0.5) is 30.7 Å². The van der Waals surface area contributed by atoms with Crippen LogP contribution in [0.1, 0.15) is 34.0 Å². The molecule has 0 radical (unpaired) electrons. The van der Waals surface area contributed by atoms with Crippen LogP contribution in [-0.4, -0.2) is 22.2 Å². The van der Waals surface area contributed by atoms with Gasteiger partial charge >= 0.3 is 18.3 Å². The Kier molecular flexibility index (Phi) is 7.79. The second kappa shape index (κ2) is 10.0. The van der Waals surface area contributed by atoms with Crippen molar-refractivity contribution < 1.29 is 45.4 Å². The molecule has 13 heteroatoms. The van der Waals surface area contributed by atoms with E-state index in [2.05, 4.69) is 4.74 Å². The molecule has 0 aliphatic rings. The smallest absolute Gasteiger partial charge is 0.417 e. The van der Waals surface area contributed by atoms with Crippen LogP contribution in [0.25, 0.3) is 10.9 Å². The number of carbonyl (C=O) groups is 1. The number of fused-ring (bicyclic) bond motifs is 1. The van der Waals surface area contributed by atoms with E-state index in [9.17, 15) is 45.4 Å². The van der Waals surface area contributed by atoms with Crippen LogP contribution in [0.2, 0.25) is 0 Å². The van der Waals surface area contributed by atoms with Gasteiger partial charge in [0.25, 0.3) is 5.56 Å². The number of hydrogen-bond donors (Lipinski definition) is 1. The number of pyridine rings is 1. The summed E-state index contributed by atoms with van der Waals surface area (Å²) in [5.41, 5.74) is -5.21. The van der Waals surface area contributed by atoms with E-state index in [1.165, 1.54) is 26.1 Å². The number of aromatic hydroxyl groups is 1. The summed E-state index contributed by atoms with van der Waals surface area (Å²) >= 11 is 0. The van der Waals surface area contributed by atoms with Gasteiger partial charge in [0.2, 0.25) is 0 Å². The number of benzene rings is 2. The number of nitriles is 1. The molecule has 0 fully saturated rings. The molecular weight excluding hydrogens is 489 g/mol. The molecule has 0 atom stereocenters. The molecule has 186 valence electrons. The van der Waals surface area contributed by atoms with Gasteiger partial charge in [-0.3, -0.25) is 4.79 Å². The fourth-order valence-electron chi connectivity index (χ4n) is 3.07. The Bertz CT molecular complexity index is 1370. The zero-order valence-electron chi connectivity index (χ0n) is 17.9. The molecule has 1 N–H and O–H groups in total. The van der Waals surface area contributed by atoms with E-state index < -0.39 is 63.1 Å². The number of alkyl halides is 6. The predicted octanol–water partition coefficient (Wildman–Crippen LogP) is 5.16. The van der Waals surface area contributed by atoms with E-state index in [-0.39, 0.29) is 12.1 Å². The van der Waals surface area contributed by atoms with Crippen molar-refractivity contribution in [1.29, 1.82) is 5.26 Å². The highest BCUT2D eigenvalue weighted by molar-refractivity contribution is 6.00. The summed E-state index contributed by atoms with van der Waals surface area (Å²) < 4.78 is 93.7. The maximum absolute atomic E-state index is 13.1. The van der Waals surface area contributed by atoms with Crippen LogP contribution < -0.4 is 5.56 Å². The van der Waals surface area contributed by atoms with Gasteiger partial charge in [0.15, 0.2) is 5.56 Å². The van der Waals surface area contributed by atoms with E-state index in [0.717, 1.165) is 28.8 Å². The maximum Gasteiger partial charge on any atom is 0.417 e. The number of rotatable bonds is 2. The van der Waals surface area contributed by atoms with Crippen molar-refractivity contribution in [3.8, 4) is 11.8 Å². The highest BCUT2D eigenvalue weighted by atomic mass is 19.4. The quantitative estimate of drug-likeness (QED) is 0.385. The van der Waals surface area contributed by atoms with Crippen molar-refractivity contribution >= 4 is 16.9 Å². The molecule has 6 nitrogen and oxygen atoms in total. The first-order chi connectivity index (χ1) is 16.2. The van der Waals surface area contributed by atoms with Crippen LogP contribution >= 0.6 is 0 Å². The minimum Gasteiger partial charge on any atom is -0.506 e. The van der Waals surface area contributed by atoms with E-state index in [1.807, 2.05) is 0 Å². The monoisotopic (exact) mass is 504 g/mol. The minimum absolute atomic E-state index is 0.0830. The lowest BCUT2D eigenvalue weighted by molar-refractivity contribution is -0.138. The topological polar surface area (TPSA) is 92.3 Å². The van der Waals surface area contributed by atoms with Crippen molar-refractivity contribution in [2.75, 3.05) is 6.61 Å². The van der Waals surface area contributed by atoms with Crippen molar-refractivity contribution in [3.63, 3.8) is 0 Å². The first-order valence-electron chi connectivity index (χ1n) is 9.51. The fourth-order valence-corrected chi connectivity index (χ4v) is 3.07. The lowest BCUT2D eigenvalue weighted by Crippen LogP contribution is -2.26. The molecule has 0 amide bonds. The molecule has 1 aromatic heterocycles. The molecule has 3 aromatic rings. The van der Waals surface area contributed by atoms with Gasteiger partial charge < -0.3 is 14.4 Å². The van der Waals surface area contributed by atoms with Gasteiger partial charge in [-0.05, 0) is 31.2 Å². The zero-order valence-corrected chi connectivity index (χ0v) is 17.9. The van der Waals surface area contributed by atoms with E-state index in [1.54, 1.807) is 0 Å². The van der Waals surface area contributed by atoms with Crippen molar-refractivity contribution in [3.05, 3.63) is 74.8 Å².